The van der Waals surface area contributed by atoms with Gasteiger partial charge in [-0.2, -0.15) is 4.37 Å². The van der Waals surface area contributed by atoms with Crippen LogP contribution < -0.4 is 19.9 Å². The minimum Gasteiger partial charge on any atom is -0.472 e. The third kappa shape index (κ3) is 3.08. The molecule has 3 atom stereocenters. The summed E-state index contributed by atoms with van der Waals surface area (Å²) in [6.07, 6.45) is 1.61. The van der Waals surface area contributed by atoms with Crippen LogP contribution in [0.25, 0.3) is 0 Å². The molecule has 0 spiro atoms. The number of rotatable bonds is 5. The van der Waals surface area contributed by atoms with E-state index in [0.29, 0.717) is 35.9 Å². The summed E-state index contributed by atoms with van der Waals surface area (Å²) in [5.74, 6) is 0.0837. The predicted molar refractivity (Wildman–Crippen MR) is 97.0 cm³/mol. The van der Waals surface area contributed by atoms with Crippen molar-refractivity contribution < 1.29 is 18.7 Å². The van der Waals surface area contributed by atoms with Crippen LogP contribution in [-0.4, -0.2) is 59.3 Å². The first kappa shape index (κ1) is 16.7. The summed E-state index contributed by atoms with van der Waals surface area (Å²) in [5.41, 5.74) is 1.08. The number of piperazine rings is 1. The van der Waals surface area contributed by atoms with E-state index >= 15 is 0 Å². The number of hydrogen-bond acceptors (Lipinski definition) is 8. The fourth-order valence-electron chi connectivity index (χ4n) is 3.97. The van der Waals surface area contributed by atoms with Crippen LogP contribution >= 0.6 is 11.7 Å². The number of aromatic nitrogens is 2. The Morgan fingerprint density at radius 3 is 3.04 bits per heavy atom. The fraction of sp³-hybridized carbons (Fsp3) is 0.471. The minimum atomic E-state index is -0.503. The lowest BCUT2D eigenvalue weighted by Crippen LogP contribution is -2.44. The number of halogens is 1. The van der Waals surface area contributed by atoms with Crippen molar-refractivity contribution in [2.75, 3.05) is 36.0 Å². The number of fused-ring (bicyclic) bond motifs is 2. The van der Waals surface area contributed by atoms with E-state index in [1.165, 1.54) is 17.2 Å². The number of ether oxygens (including phenoxy) is 2. The number of amides is 1. The normalized spacial score (nSPS) is 26.7. The van der Waals surface area contributed by atoms with Gasteiger partial charge in [-0.3, -0.25) is 4.90 Å². The summed E-state index contributed by atoms with van der Waals surface area (Å²) in [6.45, 7) is 2.18. The van der Waals surface area contributed by atoms with Gasteiger partial charge >= 0.3 is 6.09 Å². The highest BCUT2D eigenvalue weighted by Gasteiger charge is 2.39. The SMILES string of the molecule is O=C1O[C@@H](COc2cnsn2)CN1c1ccc(N2C[C@@H]3C[C@H]2CN3)c(F)c1. The van der Waals surface area contributed by atoms with Crippen LogP contribution in [0.1, 0.15) is 6.42 Å². The van der Waals surface area contributed by atoms with Crippen LogP contribution in [0, 0.1) is 5.82 Å². The molecule has 0 unspecified atom stereocenters. The molecule has 10 heteroatoms. The van der Waals surface area contributed by atoms with Crippen LogP contribution in [0.15, 0.2) is 24.4 Å². The van der Waals surface area contributed by atoms with Crippen molar-refractivity contribution in [2.45, 2.75) is 24.6 Å². The second kappa shape index (κ2) is 6.61. The van der Waals surface area contributed by atoms with Gasteiger partial charge in [0.25, 0.3) is 0 Å². The molecule has 2 bridgehead atoms. The number of nitrogens with zero attached hydrogens (tertiary/aromatic N) is 4. The maximum absolute atomic E-state index is 14.8. The van der Waals surface area contributed by atoms with Crippen molar-refractivity contribution >= 4 is 29.2 Å². The molecule has 1 aromatic heterocycles. The molecule has 142 valence electrons. The van der Waals surface area contributed by atoms with Gasteiger partial charge in [-0.15, -0.1) is 4.37 Å². The maximum Gasteiger partial charge on any atom is 0.414 e. The molecule has 3 aliphatic rings. The molecule has 1 amide bonds. The number of benzene rings is 1. The lowest BCUT2D eigenvalue weighted by atomic mass is 10.2. The number of hydrogen-bond donors (Lipinski definition) is 1. The number of carbonyl (C=O) groups is 1. The maximum atomic E-state index is 14.8. The second-order valence-electron chi connectivity index (χ2n) is 6.96. The smallest absolute Gasteiger partial charge is 0.414 e. The monoisotopic (exact) mass is 391 g/mol. The summed E-state index contributed by atoms with van der Waals surface area (Å²) in [6, 6.07) is 5.71. The highest BCUT2D eigenvalue weighted by molar-refractivity contribution is 6.99. The Bertz CT molecular complexity index is 851. The van der Waals surface area contributed by atoms with Gasteiger partial charge in [-0.1, -0.05) is 0 Å². The fourth-order valence-corrected chi connectivity index (χ4v) is 4.33. The van der Waals surface area contributed by atoms with Gasteiger partial charge in [-0.05, 0) is 24.6 Å². The van der Waals surface area contributed by atoms with Crippen LogP contribution in [0.5, 0.6) is 5.88 Å². The lowest BCUT2D eigenvalue weighted by Gasteiger charge is -2.30. The second-order valence-corrected chi connectivity index (χ2v) is 7.51. The summed E-state index contributed by atoms with van der Waals surface area (Å²) < 4.78 is 33.3. The Labute approximate surface area is 159 Å². The molecule has 1 N–H and O–H groups in total. The number of nitrogens with one attached hydrogen (secondary N) is 1. The van der Waals surface area contributed by atoms with Crippen molar-refractivity contribution in [1.29, 1.82) is 0 Å². The van der Waals surface area contributed by atoms with Gasteiger partial charge in [0.15, 0.2) is 6.10 Å². The van der Waals surface area contributed by atoms with Crippen LogP contribution in [0.2, 0.25) is 0 Å². The molecule has 3 saturated heterocycles. The molecule has 4 heterocycles. The van der Waals surface area contributed by atoms with Crippen LogP contribution in [-0.2, 0) is 4.74 Å². The van der Waals surface area contributed by atoms with Crippen molar-refractivity contribution in [1.82, 2.24) is 14.1 Å². The molecule has 3 fully saturated rings. The van der Waals surface area contributed by atoms with Crippen molar-refractivity contribution in [2.24, 2.45) is 0 Å². The minimum absolute atomic E-state index is 0.179. The van der Waals surface area contributed by atoms with Crippen molar-refractivity contribution in [3.05, 3.63) is 30.2 Å². The average Bonchev–Trinajstić information content (AvgIpc) is 3.44. The van der Waals surface area contributed by atoms with Crippen LogP contribution in [0.4, 0.5) is 20.6 Å². The molecule has 1 aromatic carbocycles. The molecule has 5 rings (SSSR count). The molecule has 3 aliphatic heterocycles. The Morgan fingerprint density at radius 1 is 1.41 bits per heavy atom. The topological polar surface area (TPSA) is 79.8 Å². The predicted octanol–water partition coefficient (Wildman–Crippen LogP) is 1.63. The van der Waals surface area contributed by atoms with Crippen molar-refractivity contribution in [3.8, 4) is 5.88 Å². The molecular formula is C17H18FN5O3S. The summed E-state index contributed by atoms with van der Waals surface area (Å²) in [4.78, 5) is 15.7. The number of anilines is 2. The van der Waals surface area contributed by atoms with E-state index in [2.05, 4.69) is 19.0 Å². The van der Waals surface area contributed by atoms with E-state index in [1.54, 1.807) is 12.1 Å². The third-order valence-corrected chi connectivity index (χ3v) is 5.70. The Morgan fingerprint density at radius 2 is 2.33 bits per heavy atom. The quantitative estimate of drug-likeness (QED) is 0.830. The molecule has 0 aliphatic carbocycles. The van der Waals surface area contributed by atoms with Gasteiger partial charge in [0.05, 0.1) is 29.6 Å². The Balaban J connectivity index is 1.27. The van der Waals surface area contributed by atoms with E-state index in [0.717, 1.165) is 31.2 Å². The highest BCUT2D eigenvalue weighted by Crippen LogP contribution is 2.33. The zero-order chi connectivity index (χ0) is 18.4. The molecular weight excluding hydrogens is 373 g/mol. The lowest BCUT2D eigenvalue weighted by molar-refractivity contribution is 0.103. The first-order chi connectivity index (χ1) is 13.2. The third-order valence-electron chi connectivity index (χ3n) is 5.24. The van der Waals surface area contributed by atoms with Gasteiger partial charge in [0.2, 0.25) is 5.88 Å². The van der Waals surface area contributed by atoms with E-state index < -0.39 is 12.2 Å². The first-order valence-electron chi connectivity index (χ1n) is 8.85. The zero-order valence-corrected chi connectivity index (χ0v) is 15.2. The Kier molecular flexibility index (Phi) is 4.09. The number of carbonyl (C=O) groups excluding carboxylic acids is 1. The summed E-state index contributed by atoms with van der Waals surface area (Å²) in [5, 5.41) is 3.41. The largest absolute Gasteiger partial charge is 0.472 e. The molecule has 8 nitrogen and oxygen atoms in total. The van der Waals surface area contributed by atoms with Gasteiger partial charge in [0, 0.05) is 25.2 Å². The standard InChI is InChI=1S/C17H18FN5O3S/c18-14-4-11(1-2-15(14)22-7-10-3-12(22)5-19-10)23-8-13(26-17(23)24)9-25-16-6-20-27-21-16/h1-2,4,6,10,12-13,19H,3,5,7-9H2/t10-,12-,13+/m0/s1. The van der Waals surface area contributed by atoms with Gasteiger partial charge < -0.3 is 19.7 Å². The van der Waals surface area contributed by atoms with E-state index in [4.69, 9.17) is 9.47 Å². The Hall–Kier alpha value is -2.46. The van der Waals surface area contributed by atoms with E-state index in [-0.39, 0.29) is 12.4 Å². The average molecular weight is 391 g/mol. The van der Waals surface area contributed by atoms with E-state index in [1.807, 2.05) is 0 Å². The van der Waals surface area contributed by atoms with Crippen LogP contribution in [0.3, 0.4) is 0 Å². The van der Waals surface area contributed by atoms with Gasteiger partial charge in [-0.25, -0.2) is 9.18 Å². The molecule has 0 radical (unpaired) electrons. The molecule has 27 heavy (non-hydrogen) atoms. The summed E-state index contributed by atoms with van der Waals surface area (Å²) >= 11 is 1.04. The zero-order valence-electron chi connectivity index (χ0n) is 14.4. The van der Waals surface area contributed by atoms with Gasteiger partial charge in [0.1, 0.15) is 18.6 Å². The number of cyclic esters (lactones) is 1. The molecule has 0 saturated carbocycles. The van der Waals surface area contributed by atoms with E-state index in [9.17, 15) is 9.18 Å². The summed E-state index contributed by atoms with van der Waals surface area (Å²) in [7, 11) is 0. The highest BCUT2D eigenvalue weighted by atomic mass is 32.1. The first-order valence-corrected chi connectivity index (χ1v) is 9.58. The molecule has 2 aromatic rings. The van der Waals surface area contributed by atoms with Crippen molar-refractivity contribution in [3.63, 3.8) is 0 Å².